The summed E-state index contributed by atoms with van der Waals surface area (Å²) in [4.78, 5) is 36.8. The summed E-state index contributed by atoms with van der Waals surface area (Å²) in [7, 11) is 0. The van der Waals surface area contributed by atoms with E-state index in [2.05, 4.69) is 4.98 Å². The van der Waals surface area contributed by atoms with Crippen molar-refractivity contribution in [2.45, 2.75) is 13.5 Å². The van der Waals surface area contributed by atoms with Crippen LogP contribution in [-0.4, -0.2) is 20.6 Å². The molecule has 0 aliphatic heterocycles. The van der Waals surface area contributed by atoms with Crippen molar-refractivity contribution in [1.82, 2.24) is 9.55 Å². The van der Waals surface area contributed by atoms with Gasteiger partial charge in [0.25, 0.3) is 5.56 Å². The molecule has 0 aliphatic rings. The van der Waals surface area contributed by atoms with Crippen LogP contribution in [-0.2, 0) is 6.54 Å². The number of rotatable bonds is 3. The molecular formula is C13H11ClN2O4. The monoisotopic (exact) mass is 294 g/mol. The highest BCUT2D eigenvalue weighted by Gasteiger charge is 2.14. The molecule has 0 saturated carbocycles. The lowest BCUT2D eigenvalue weighted by atomic mass is 10.1. The summed E-state index contributed by atoms with van der Waals surface area (Å²) in [6, 6.07) is 5.12. The summed E-state index contributed by atoms with van der Waals surface area (Å²) in [5, 5.41) is 9.40. The fourth-order valence-corrected chi connectivity index (χ4v) is 2.00. The second-order valence-corrected chi connectivity index (χ2v) is 4.64. The molecule has 20 heavy (non-hydrogen) atoms. The normalized spacial score (nSPS) is 10.5. The Kier molecular flexibility index (Phi) is 3.76. The van der Waals surface area contributed by atoms with Crippen LogP contribution >= 0.6 is 11.6 Å². The Labute approximate surface area is 118 Å². The number of halogens is 1. The molecule has 1 heterocycles. The Bertz CT molecular complexity index is 792. The predicted octanol–water partition coefficient (Wildman–Crippen LogP) is 1.24. The van der Waals surface area contributed by atoms with Crippen LogP contribution in [0.1, 0.15) is 21.5 Å². The van der Waals surface area contributed by atoms with Crippen LogP contribution in [0, 0.1) is 6.92 Å². The Morgan fingerprint density at radius 3 is 2.75 bits per heavy atom. The van der Waals surface area contributed by atoms with Crippen molar-refractivity contribution in [3.8, 4) is 0 Å². The molecule has 2 aromatic rings. The number of hydrogen-bond acceptors (Lipinski definition) is 3. The molecule has 6 nitrogen and oxygen atoms in total. The Morgan fingerprint density at radius 1 is 1.40 bits per heavy atom. The maximum atomic E-state index is 12.0. The molecule has 104 valence electrons. The third-order valence-corrected chi connectivity index (χ3v) is 3.41. The van der Waals surface area contributed by atoms with Gasteiger partial charge in [0.15, 0.2) is 0 Å². The molecule has 0 atom stereocenters. The molecule has 7 heteroatoms. The van der Waals surface area contributed by atoms with Crippen LogP contribution in [0.5, 0.6) is 0 Å². The minimum atomic E-state index is -1.39. The number of aromatic carboxylic acids is 1. The molecule has 0 amide bonds. The molecule has 0 aliphatic carbocycles. The van der Waals surface area contributed by atoms with Crippen molar-refractivity contribution in [3.63, 3.8) is 0 Å². The molecule has 0 unspecified atom stereocenters. The van der Waals surface area contributed by atoms with E-state index in [0.717, 1.165) is 16.3 Å². The van der Waals surface area contributed by atoms with E-state index in [1.165, 1.54) is 0 Å². The number of H-pyrrole nitrogens is 1. The standard InChI is InChI=1S/C13H11ClN2O4/c1-7-8(3-2-4-10(7)14)6-16-11(17)9(12(18)19)5-15-13(16)20/h2-5H,6H2,1H3,(H,15,20)(H,18,19). The van der Waals surface area contributed by atoms with Gasteiger partial charge in [0, 0.05) is 11.2 Å². The highest BCUT2D eigenvalue weighted by molar-refractivity contribution is 6.31. The highest BCUT2D eigenvalue weighted by atomic mass is 35.5. The first kappa shape index (κ1) is 14.1. The molecule has 0 fully saturated rings. The average molecular weight is 295 g/mol. The van der Waals surface area contributed by atoms with Crippen LogP contribution in [0.25, 0.3) is 0 Å². The van der Waals surface area contributed by atoms with E-state index in [4.69, 9.17) is 16.7 Å². The lowest BCUT2D eigenvalue weighted by Crippen LogP contribution is -2.38. The van der Waals surface area contributed by atoms with Crippen LogP contribution in [0.15, 0.2) is 34.0 Å². The fourth-order valence-electron chi connectivity index (χ4n) is 1.80. The minimum Gasteiger partial charge on any atom is -0.477 e. The maximum Gasteiger partial charge on any atom is 0.342 e. The van der Waals surface area contributed by atoms with E-state index in [0.29, 0.717) is 10.6 Å². The zero-order valence-corrected chi connectivity index (χ0v) is 11.3. The number of carboxylic acids is 1. The molecule has 2 N–H and O–H groups in total. The highest BCUT2D eigenvalue weighted by Crippen LogP contribution is 2.18. The summed E-state index contributed by atoms with van der Waals surface area (Å²) < 4.78 is 0.835. The topological polar surface area (TPSA) is 92.2 Å². The average Bonchev–Trinajstić information content (AvgIpc) is 2.38. The lowest BCUT2D eigenvalue weighted by Gasteiger charge is -2.09. The van der Waals surface area contributed by atoms with Crippen molar-refractivity contribution in [3.05, 3.63) is 66.9 Å². The fraction of sp³-hybridized carbons (Fsp3) is 0.154. The van der Waals surface area contributed by atoms with Gasteiger partial charge >= 0.3 is 11.7 Å². The van der Waals surface area contributed by atoms with Crippen molar-refractivity contribution < 1.29 is 9.90 Å². The number of carbonyl (C=O) groups is 1. The number of nitrogens with zero attached hydrogens (tertiary/aromatic N) is 1. The third kappa shape index (κ3) is 2.50. The van der Waals surface area contributed by atoms with Gasteiger partial charge in [0.1, 0.15) is 5.56 Å². The van der Waals surface area contributed by atoms with E-state index in [9.17, 15) is 14.4 Å². The van der Waals surface area contributed by atoms with Crippen molar-refractivity contribution in [1.29, 1.82) is 0 Å². The Hall–Kier alpha value is -2.34. The van der Waals surface area contributed by atoms with Gasteiger partial charge in [0.05, 0.1) is 6.54 Å². The zero-order valence-electron chi connectivity index (χ0n) is 10.5. The quantitative estimate of drug-likeness (QED) is 0.891. The molecule has 0 spiro atoms. The summed E-state index contributed by atoms with van der Waals surface area (Å²) in [5.41, 5.74) is -0.585. The SMILES string of the molecule is Cc1c(Cl)cccc1Cn1c(=O)[nH]cc(C(=O)O)c1=O. The van der Waals surface area contributed by atoms with E-state index in [1.807, 2.05) is 0 Å². The van der Waals surface area contributed by atoms with E-state index >= 15 is 0 Å². The van der Waals surface area contributed by atoms with Crippen molar-refractivity contribution in [2.24, 2.45) is 0 Å². The second kappa shape index (κ2) is 5.34. The van der Waals surface area contributed by atoms with Gasteiger partial charge in [-0.2, -0.15) is 0 Å². The first-order chi connectivity index (χ1) is 9.41. The summed E-state index contributed by atoms with van der Waals surface area (Å²) in [6.07, 6.45) is 0.897. The summed E-state index contributed by atoms with van der Waals surface area (Å²) in [6.45, 7) is 1.72. The maximum absolute atomic E-state index is 12.0. The molecule has 1 aromatic carbocycles. The van der Waals surface area contributed by atoms with E-state index < -0.39 is 22.8 Å². The Balaban J connectivity index is 2.57. The Morgan fingerprint density at radius 2 is 2.10 bits per heavy atom. The van der Waals surface area contributed by atoms with Crippen LogP contribution in [0.3, 0.4) is 0 Å². The molecule has 1 aromatic heterocycles. The van der Waals surface area contributed by atoms with Gasteiger partial charge < -0.3 is 10.1 Å². The van der Waals surface area contributed by atoms with Gasteiger partial charge in [0.2, 0.25) is 0 Å². The molecule has 2 rings (SSSR count). The molecular weight excluding hydrogens is 284 g/mol. The third-order valence-electron chi connectivity index (χ3n) is 3.00. The van der Waals surface area contributed by atoms with Gasteiger partial charge in [-0.25, -0.2) is 9.59 Å². The van der Waals surface area contributed by atoms with Crippen molar-refractivity contribution in [2.75, 3.05) is 0 Å². The van der Waals surface area contributed by atoms with Crippen LogP contribution in [0.4, 0.5) is 0 Å². The largest absolute Gasteiger partial charge is 0.477 e. The molecule has 0 bridgehead atoms. The zero-order chi connectivity index (χ0) is 14.9. The molecule has 0 radical (unpaired) electrons. The smallest absolute Gasteiger partial charge is 0.342 e. The lowest BCUT2D eigenvalue weighted by molar-refractivity contribution is 0.0693. The van der Waals surface area contributed by atoms with Crippen LogP contribution < -0.4 is 11.2 Å². The number of benzene rings is 1. The van der Waals surface area contributed by atoms with E-state index in [-0.39, 0.29) is 6.54 Å². The summed E-state index contributed by atoms with van der Waals surface area (Å²) >= 11 is 5.97. The second-order valence-electron chi connectivity index (χ2n) is 4.23. The number of nitrogens with one attached hydrogen (secondary N) is 1. The number of carboxylic acid groups (broad SMARTS) is 1. The van der Waals surface area contributed by atoms with Gasteiger partial charge in [-0.05, 0) is 24.1 Å². The van der Waals surface area contributed by atoms with E-state index in [1.54, 1.807) is 25.1 Å². The number of aromatic amines is 1. The van der Waals surface area contributed by atoms with Gasteiger partial charge in [-0.1, -0.05) is 23.7 Å². The van der Waals surface area contributed by atoms with Gasteiger partial charge in [-0.3, -0.25) is 9.36 Å². The minimum absolute atomic E-state index is 0.0400. The predicted molar refractivity (Wildman–Crippen MR) is 73.6 cm³/mol. The molecule has 0 saturated heterocycles. The van der Waals surface area contributed by atoms with Gasteiger partial charge in [-0.15, -0.1) is 0 Å². The number of aromatic nitrogens is 2. The first-order valence-electron chi connectivity index (χ1n) is 5.71. The van der Waals surface area contributed by atoms with Crippen LogP contribution in [0.2, 0.25) is 5.02 Å². The summed E-state index contributed by atoms with van der Waals surface area (Å²) in [5.74, 6) is -1.39. The first-order valence-corrected chi connectivity index (χ1v) is 6.09. The number of hydrogen-bond donors (Lipinski definition) is 2. The van der Waals surface area contributed by atoms with Crippen molar-refractivity contribution >= 4 is 17.6 Å².